The lowest BCUT2D eigenvalue weighted by Gasteiger charge is -2.14. The Kier molecular flexibility index (Phi) is 2.55. The Bertz CT molecular complexity index is 314. The number of benzene rings is 1. The quantitative estimate of drug-likeness (QED) is 0.565. The first-order chi connectivity index (χ1) is 6.08. The minimum Gasteiger partial charge on any atom is -0.285 e. The average Bonchev–Trinajstić information content (AvgIpc) is 2.04. The Hall–Kier alpha value is -1.52. The summed E-state index contributed by atoms with van der Waals surface area (Å²) in [4.78, 5) is 9.67. The van der Waals surface area contributed by atoms with E-state index in [0.717, 1.165) is 23.9 Å². The van der Waals surface area contributed by atoms with Crippen LogP contribution < -0.4 is 5.32 Å². The predicted octanol–water partition coefficient (Wildman–Crippen LogP) is 1.53. The average molecular weight is 188 g/mol. The molecular weight excluding hydrogens is 183 g/mol. The fraction of sp³-hybridized carbons (Fsp3) is 0.125. The minimum absolute atomic E-state index is 0.817. The highest BCUT2D eigenvalue weighted by Gasteiger charge is 2.33. The van der Waals surface area contributed by atoms with E-state index in [2.05, 4.69) is 0 Å². The maximum absolute atomic E-state index is 12.8. The fourth-order valence-electron chi connectivity index (χ4n) is 0.847. The van der Waals surface area contributed by atoms with E-state index in [0.29, 0.717) is 0 Å². The number of rotatable bonds is 3. The molecule has 0 bridgehead atoms. The van der Waals surface area contributed by atoms with Gasteiger partial charge in [0.25, 0.3) is 0 Å². The Balaban J connectivity index is 3.06. The predicted molar refractivity (Wildman–Crippen MR) is 39.1 cm³/mol. The highest BCUT2D eigenvalue weighted by atomic mass is 19.3. The first-order valence-corrected chi connectivity index (χ1v) is 3.35. The van der Waals surface area contributed by atoms with Crippen molar-refractivity contribution >= 4 is 6.41 Å². The van der Waals surface area contributed by atoms with Gasteiger partial charge in [0, 0.05) is 0 Å². The summed E-state index contributed by atoms with van der Waals surface area (Å²) < 4.78 is 38.4. The molecule has 0 aliphatic heterocycles. The highest BCUT2D eigenvalue weighted by molar-refractivity contribution is 5.49. The zero-order valence-electron chi connectivity index (χ0n) is 6.35. The summed E-state index contributed by atoms with van der Waals surface area (Å²) in [6.45, 7) is 0. The molecule has 13 heavy (non-hydrogen) atoms. The summed E-state index contributed by atoms with van der Waals surface area (Å²) in [5, 5.41) is 1.10. The van der Waals surface area contributed by atoms with Gasteiger partial charge in [-0.3, -0.25) is 10.1 Å². The van der Waals surface area contributed by atoms with E-state index in [9.17, 15) is 18.0 Å². The van der Waals surface area contributed by atoms with Crippen molar-refractivity contribution in [2.24, 2.45) is 0 Å². The molecule has 1 aromatic carbocycles. The number of alkyl halides is 2. The van der Waals surface area contributed by atoms with Crippen molar-refractivity contribution in [3.05, 3.63) is 35.6 Å². The monoisotopic (exact) mass is 188 g/mol. The summed E-state index contributed by atoms with van der Waals surface area (Å²) in [5.74, 6) is -1.07. The molecule has 2 nitrogen and oxygen atoms in total. The van der Waals surface area contributed by atoms with Gasteiger partial charge in [0.1, 0.15) is 5.82 Å². The lowest BCUT2D eigenvalue weighted by atomic mass is 10.2. The zero-order valence-corrected chi connectivity index (χ0v) is 6.35. The number of halogens is 3. The molecule has 0 aliphatic rings. The van der Waals surface area contributed by atoms with Crippen molar-refractivity contribution in [1.29, 1.82) is 0 Å². The Morgan fingerprint density at radius 2 is 1.92 bits per heavy atom. The molecule has 1 amide bonds. The van der Waals surface area contributed by atoms with Crippen molar-refractivity contribution in [3.8, 4) is 0 Å². The van der Waals surface area contributed by atoms with E-state index in [1.54, 1.807) is 0 Å². The summed E-state index contributed by atoms with van der Waals surface area (Å²) in [5.41, 5.74) is -0.877. The number of nitrogens with one attached hydrogen (secondary N) is 1. The molecular formula is C8H5F3NO. The van der Waals surface area contributed by atoms with Crippen LogP contribution in [0.25, 0.3) is 0 Å². The second-order valence-corrected chi connectivity index (χ2v) is 2.28. The van der Waals surface area contributed by atoms with Gasteiger partial charge in [-0.2, -0.15) is 8.78 Å². The molecule has 0 aromatic heterocycles. The third-order valence-electron chi connectivity index (χ3n) is 1.42. The van der Waals surface area contributed by atoms with E-state index in [-0.39, 0.29) is 0 Å². The molecule has 0 heterocycles. The van der Waals surface area contributed by atoms with E-state index < -0.39 is 17.4 Å². The Morgan fingerprint density at radius 3 is 2.46 bits per heavy atom. The molecule has 69 valence electrons. The summed E-state index contributed by atoms with van der Waals surface area (Å²) in [6, 6.07) is 0.584. The molecule has 1 radical (unpaired) electrons. The number of hydrogen-bond acceptors (Lipinski definition) is 1. The fourth-order valence-corrected chi connectivity index (χ4v) is 0.847. The van der Waals surface area contributed by atoms with Gasteiger partial charge in [-0.1, -0.05) is 12.1 Å². The minimum atomic E-state index is -3.72. The van der Waals surface area contributed by atoms with Crippen LogP contribution in [0.5, 0.6) is 0 Å². The van der Waals surface area contributed by atoms with Crippen LogP contribution in [0.4, 0.5) is 13.2 Å². The SMILES string of the molecule is O=[C]NC(F)(F)c1ccccc1F. The van der Waals surface area contributed by atoms with Crippen molar-refractivity contribution < 1.29 is 18.0 Å². The van der Waals surface area contributed by atoms with Gasteiger partial charge in [-0.15, -0.1) is 0 Å². The standard InChI is InChI=1S/C8H5F3NO/c9-7-4-2-1-3-6(7)8(10,11)12-5-13/h1-4H,(H,12,13). The maximum Gasteiger partial charge on any atom is 0.355 e. The largest absolute Gasteiger partial charge is 0.355 e. The second-order valence-electron chi connectivity index (χ2n) is 2.28. The zero-order chi connectivity index (χ0) is 9.90. The van der Waals surface area contributed by atoms with Crippen LogP contribution in [0.15, 0.2) is 24.3 Å². The molecule has 5 heteroatoms. The van der Waals surface area contributed by atoms with E-state index in [4.69, 9.17) is 0 Å². The van der Waals surface area contributed by atoms with Crippen LogP contribution in [-0.2, 0) is 10.8 Å². The Labute approximate surface area is 72.4 Å². The second kappa shape index (κ2) is 3.47. The molecule has 1 rings (SSSR count). The molecule has 0 atom stereocenters. The van der Waals surface area contributed by atoms with Crippen molar-refractivity contribution in [3.63, 3.8) is 0 Å². The maximum atomic E-state index is 12.8. The molecule has 0 unspecified atom stereocenters. The van der Waals surface area contributed by atoms with Crippen LogP contribution in [0, 0.1) is 5.82 Å². The van der Waals surface area contributed by atoms with E-state index in [1.165, 1.54) is 12.1 Å². The van der Waals surface area contributed by atoms with Gasteiger partial charge >= 0.3 is 12.5 Å². The van der Waals surface area contributed by atoms with Crippen LogP contribution in [0.1, 0.15) is 5.56 Å². The first-order valence-electron chi connectivity index (χ1n) is 3.35. The third-order valence-corrected chi connectivity index (χ3v) is 1.42. The molecule has 0 fully saturated rings. The van der Waals surface area contributed by atoms with Crippen LogP contribution in [-0.4, -0.2) is 6.41 Å². The smallest absolute Gasteiger partial charge is 0.285 e. The van der Waals surface area contributed by atoms with Crippen LogP contribution in [0.2, 0.25) is 0 Å². The van der Waals surface area contributed by atoms with E-state index in [1.807, 2.05) is 0 Å². The molecule has 0 spiro atoms. The van der Waals surface area contributed by atoms with Gasteiger partial charge in [-0.05, 0) is 12.1 Å². The molecule has 0 aliphatic carbocycles. The normalized spacial score (nSPS) is 11.0. The summed E-state index contributed by atoms with van der Waals surface area (Å²) >= 11 is 0. The van der Waals surface area contributed by atoms with E-state index >= 15 is 0 Å². The number of hydrogen-bond donors (Lipinski definition) is 1. The Morgan fingerprint density at radius 1 is 1.31 bits per heavy atom. The topological polar surface area (TPSA) is 29.1 Å². The highest BCUT2D eigenvalue weighted by Crippen LogP contribution is 2.25. The van der Waals surface area contributed by atoms with Crippen LogP contribution in [0.3, 0.4) is 0 Å². The molecule has 1 N–H and O–H groups in total. The van der Waals surface area contributed by atoms with Crippen molar-refractivity contribution in [2.45, 2.75) is 6.05 Å². The first kappa shape index (κ1) is 9.57. The van der Waals surface area contributed by atoms with Gasteiger partial charge in [0.2, 0.25) is 0 Å². The summed E-state index contributed by atoms with van der Waals surface area (Å²) in [6.07, 6.45) is 0.817. The summed E-state index contributed by atoms with van der Waals surface area (Å²) in [7, 11) is 0. The number of amides is 1. The molecule has 0 saturated heterocycles. The molecule has 1 aromatic rings. The van der Waals surface area contributed by atoms with Gasteiger partial charge in [0.15, 0.2) is 0 Å². The van der Waals surface area contributed by atoms with Gasteiger partial charge < -0.3 is 0 Å². The lowest BCUT2D eigenvalue weighted by molar-refractivity contribution is -0.0247. The van der Waals surface area contributed by atoms with Gasteiger partial charge in [0.05, 0.1) is 5.56 Å². The lowest BCUT2D eigenvalue weighted by Crippen LogP contribution is -2.33. The molecule has 0 saturated carbocycles. The van der Waals surface area contributed by atoms with Crippen molar-refractivity contribution in [1.82, 2.24) is 5.32 Å². The van der Waals surface area contributed by atoms with Crippen molar-refractivity contribution in [2.75, 3.05) is 0 Å². The van der Waals surface area contributed by atoms with Gasteiger partial charge in [-0.25, -0.2) is 4.39 Å². The third kappa shape index (κ3) is 1.99. The van der Waals surface area contributed by atoms with Crippen LogP contribution >= 0.6 is 0 Å². The number of carbonyl (C=O) groups excluding carboxylic acids is 1.